The summed E-state index contributed by atoms with van der Waals surface area (Å²) >= 11 is 5.59. The van der Waals surface area contributed by atoms with Crippen molar-refractivity contribution >= 4 is 54.6 Å². The van der Waals surface area contributed by atoms with Crippen molar-refractivity contribution in [3.05, 3.63) is 0 Å². The van der Waals surface area contributed by atoms with Gasteiger partial charge in [0.15, 0.2) is 22.0 Å². The van der Waals surface area contributed by atoms with Crippen LogP contribution >= 0.6 is 54.6 Å². The van der Waals surface area contributed by atoms with E-state index >= 15 is 0 Å². The van der Waals surface area contributed by atoms with Crippen LogP contribution in [-0.4, -0.2) is 27.8 Å². The molecule has 0 aromatic carbocycles. The molecule has 0 aromatic heterocycles. The Labute approximate surface area is 143 Å². The molecule has 0 unspecified atom stereocenters. The molecule has 0 heterocycles. The Bertz CT molecular complexity index is 255. The Hall–Kier alpha value is 2.32. The van der Waals surface area contributed by atoms with Gasteiger partial charge in [-0.3, -0.25) is 0 Å². The van der Waals surface area contributed by atoms with E-state index in [-0.39, 0.29) is 5.56 Å². The van der Waals surface area contributed by atoms with Crippen LogP contribution in [0.25, 0.3) is 0 Å². The Morgan fingerprint density at radius 3 is 1.39 bits per heavy atom. The van der Waals surface area contributed by atoms with Crippen molar-refractivity contribution in [2.24, 2.45) is 0 Å². The predicted octanol–water partition coefficient (Wildman–Crippen LogP) is 7.58. The van der Waals surface area contributed by atoms with E-state index in [0.717, 1.165) is 0 Å². The van der Waals surface area contributed by atoms with Gasteiger partial charge in [-0.15, -0.1) is 0 Å². The molecular formula is C14H31I2P2+. The molecule has 0 saturated heterocycles. The second-order valence-corrected chi connectivity index (χ2v) is 23.6. The molecule has 0 aliphatic heterocycles. The molecule has 110 valence electrons. The van der Waals surface area contributed by atoms with E-state index in [2.05, 4.69) is 106 Å². The standard InChI is InChI=1S/C14H31I2P2/c1-12(2,3)17(15)10-11-18(16,13(4,5)6)14(7,8)9/h10-11H2,1-9H3/q+1/t17-/m0/s1. The zero-order valence-corrected chi connectivity index (χ0v) is 19.7. The lowest BCUT2D eigenvalue weighted by Gasteiger charge is -2.43. The lowest BCUT2D eigenvalue weighted by atomic mass is 10.2. The molecule has 0 saturated carbocycles. The van der Waals surface area contributed by atoms with E-state index in [1.807, 2.05) is 0 Å². The van der Waals surface area contributed by atoms with Crippen LogP contribution in [0.2, 0.25) is 0 Å². The number of hydrogen-bond donors (Lipinski definition) is 0. The van der Waals surface area contributed by atoms with Crippen LogP contribution in [0.4, 0.5) is 0 Å². The number of hydrogen-bond acceptors (Lipinski definition) is 0. The van der Waals surface area contributed by atoms with Crippen molar-refractivity contribution in [1.29, 1.82) is 0 Å². The average Bonchev–Trinajstić information content (AvgIpc) is 2.07. The Morgan fingerprint density at radius 1 is 0.833 bits per heavy atom. The summed E-state index contributed by atoms with van der Waals surface area (Å²) in [5.74, 6) is 0. The Kier molecular flexibility index (Phi) is 7.46. The van der Waals surface area contributed by atoms with E-state index in [9.17, 15) is 0 Å². The monoisotopic (exact) mass is 515 g/mol. The first kappa shape index (κ1) is 20.3. The van der Waals surface area contributed by atoms with Crippen molar-refractivity contribution in [2.45, 2.75) is 77.8 Å². The lowest BCUT2D eigenvalue weighted by molar-refractivity contribution is 0.702. The third kappa shape index (κ3) is 5.26. The summed E-state index contributed by atoms with van der Waals surface area (Å²) in [4.78, 5) is -0.979. The fourth-order valence-corrected chi connectivity index (χ4v) is 12.0. The SMILES string of the molecule is CC(C)(C)[P@@](I)CC[P+](I)(C(C)(C)C)C(C)(C)C. The van der Waals surface area contributed by atoms with Crippen molar-refractivity contribution in [3.63, 3.8) is 0 Å². The fraction of sp³-hybridized carbons (Fsp3) is 1.00. The zero-order chi connectivity index (χ0) is 15.0. The van der Waals surface area contributed by atoms with Crippen LogP contribution in [0.1, 0.15) is 62.3 Å². The van der Waals surface area contributed by atoms with Gasteiger partial charge in [-0.05, 0) is 52.3 Å². The summed E-state index contributed by atoms with van der Waals surface area (Å²) in [6.45, 7) is 21.9. The highest BCUT2D eigenvalue weighted by atomic mass is 127. The molecule has 0 aliphatic rings. The van der Waals surface area contributed by atoms with Crippen LogP contribution in [-0.2, 0) is 0 Å². The fourth-order valence-electron chi connectivity index (χ4n) is 2.24. The van der Waals surface area contributed by atoms with Gasteiger partial charge in [0.2, 0.25) is 0 Å². The normalized spacial score (nSPS) is 16.8. The van der Waals surface area contributed by atoms with Crippen LogP contribution in [0.3, 0.4) is 0 Å². The summed E-state index contributed by atoms with van der Waals surface area (Å²) in [5.41, 5.74) is 0.113. The molecule has 0 nitrogen and oxygen atoms in total. The average molecular weight is 515 g/mol. The first-order valence-corrected chi connectivity index (χ1v) is 15.7. The lowest BCUT2D eigenvalue weighted by Crippen LogP contribution is -2.33. The van der Waals surface area contributed by atoms with Crippen LogP contribution in [0, 0.1) is 0 Å². The topological polar surface area (TPSA) is 0 Å². The van der Waals surface area contributed by atoms with Crippen molar-refractivity contribution < 1.29 is 0 Å². The molecule has 0 rings (SSSR count). The van der Waals surface area contributed by atoms with Crippen LogP contribution in [0.5, 0.6) is 0 Å². The van der Waals surface area contributed by atoms with Gasteiger partial charge in [0.1, 0.15) is 0 Å². The third-order valence-corrected chi connectivity index (χ3v) is 26.9. The first-order valence-electron chi connectivity index (χ1n) is 6.64. The van der Waals surface area contributed by atoms with Crippen LogP contribution in [0.15, 0.2) is 0 Å². The van der Waals surface area contributed by atoms with Gasteiger partial charge in [0.25, 0.3) is 0 Å². The van der Waals surface area contributed by atoms with Crippen molar-refractivity contribution in [1.82, 2.24) is 0 Å². The zero-order valence-electron chi connectivity index (χ0n) is 13.6. The highest BCUT2D eigenvalue weighted by Gasteiger charge is 2.56. The minimum Gasteiger partial charge on any atom is -0.0555 e. The highest BCUT2D eigenvalue weighted by Crippen LogP contribution is 2.83. The third-order valence-electron chi connectivity index (χ3n) is 3.46. The van der Waals surface area contributed by atoms with Gasteiger partial charge >= 0.3 is 0 Å². The molecule has 0 amide bonds. The molecule has 0 spiro atoms. The molecule has 18 heavy (non-hydrogen) atoms. The molecule has 0 aliphatic carbocycles. The summed E-state index contributed by atoms with van der Waals surface area (Å²) in [7, 11) is 0. The summed E-state index contributed by atoms with van der Waals surface area (Å²) in [6.07, 6.45) is 2.86. The second kappa shape index (κ2) is 6.61. The van der Waals surface area contributed by atoms with Crippen molar-refractivity contribution in [2.75, 3.05) is 12.3 Å². The van der Waals surface area contributed by atoms with E-state index in [0.29, 0.717) is 15.5 Å². The van der Waals surface area contributed by atoms with E-state index in [1.165, 1.54) is 12.3 Å². The molecule has 0 fully saturated rings. The van der Waals surface area contributed by atoms with Gasteiger partial charge in [-0.25, -0.2) is 0 Å². The summed E-state index contributed by atoms with van der Waals surface area (Å²) in [6, 6.07) is 0. The molecule has 1 atom stereocenters. The Morgan fingerprint density at radius 2 is 1.17 bits per heavy atom. The van der Waals surface area contributed by atoms with Gasteiger partial charge in [0.05, 0.1) is 21.4 Å². The van der Waals surface area contributed by atoms with Gasteiger partial charge in [-0.2, -0.15) is 0 Å². The minimum absolute atomic E-state index is 0.113. The second-order valence-electron chi connectivity index (χ2n) is 8.04. The maximum atomic E-state index is 2.87. The first-order chi connectivity index (χ1) is 7.63. The molecule has 0 radical (unpaired) electrons. The highest BCUT2D eigenvalue weighted by molar-refractivity contribution is 14.2. The summed E-state index contributed by atoms with van der Waals surface area (Å²) in [5, 5.41) is 1.40. The number of rotatable bonds is 3. The van der Waals surface area contributed by atoms with Crippen LogP contribution < -0.4 is 0 Å². The molecular weight excluding hydrogens is 484 g/mol. The molecule has 0 N–H and O–H groups in total. The predicted molar refractivity (Wildman–Crippen MR) is 111 cm³/mol. The largest absolute Gasteiger partial charge is 0.155 e. The maximum Gasteiger partial charge on any atom is 0.155 e. The summed E-state index contributed by atoms with van der Waals surface area (Å²) < 4.78 is 0. The molecule has 0 aromatic rings. The minimum atomic E-state index is -0.979. The Balaban J connectivity index is 4.98. The van der Waals surface area contributed by atoms with Gasteiger partial charge in [-0.1, -0.05) is 42.8 Å². The van der Waals surface area contributed by atoms with E-state index in [1.54, 1.807) is 0 Å². The maximum absolute atomic E-state index is 2.87. The number of halogens is 2. The van der Waals surface area contributed by atoms with Crippen molar-refractivity contribution in [3.8, 4) is 0 Å². The van der Waals surface area contributed by atoms with Gasteiger partial charge in [0, 0.05) is 6.16 Å². The van der Waals surface area contributed by atoms with E-state index < -0.39 is 4.90 Å². The van der Waals surface area contributed by atoms with Gasteiger partial charge < -0.3 is 0 Å². The van der Waals surface area contributed by atoms with E-state index in [4.69, 9.17) is 0 Å². The molecule has 0 bridgehead atoms. The smallest absolute Gasteiger partial charge is 0.0555 e. The molecule has 4 heteroatoms. The quantitative estimate of drug-likeness (QED) is 0.269.